The predicted molar refractivity (Wildman–Crippen MR) is 125 cm³/mol. The van der Waals surface area contributed by atoms with Crippen molar-refractivity contribution in [2.45, 2.75) is 24.3 Å². The highest BCUT2D eigenvalue weighted by Crippen LogP contribution is 2.33. The maximum Gasteiger partial charge on any atom is 0.253 e. The number of sulfonamides is 1. The van der Waals surface area contributed by atoms with E-state index >= 15 is 0 Å². The van der Waals surface area contributed by atoms with E-state index in [9.17, 15) is 13.2 Å². The molecule has 3 heterocycles. The summed E-state index contributed by atoms with van der Waals surface area (Å²) in [6, 6.07) is 12.4. The minimum atomic E-state index is -3.54. The Morgan fingerprint density at radius 3 is 2.36 bits per heavy atom. The minimum absolute atomic E-state index is 0. The molecule has 8 nitrogen and oxygen atoms in total. The molecular weight excluding hydrogens is 466 g/mol. The molecule has 33 heavy (non-hydrogen) atoms. The summed E-state index contributed by atoms with van der Waals surface area (Å²) < 4.78 is 38.0. The molecule has 2 saturated heterocycles. The normalized spacial score (nSPS) is 18.8. The monoisotopic (exact) mass is 493 g/mol. The Bertz CT molecular complexity index is 1110. The van der Waals surface area contributed by atoms with E-state index < -0.39 is 10.0 Å². The van der Waals surface area contributed by atoms with E-state index in [0.29, 0.717) is 31.7 Å². The van der Waals surface area contributed by atoms with Crippen LogP contribution in [0, 0.1) is 0 Å². The Morgan fingerprint density at radius 1 is 0.879 bits per heavy atom. The second-order valence-corrected chi connectivity index (χ2v) is 10.3. The first-order valence-electron chi connectivity index (χ1n) is 11.0. The second-order valence-electron chi connectivity index (χ2n) is 8.39. The van der Waals surface area contributed by atoms with Gasteiger partial charge in [-0.1, -0.05) is 12.1 Å². The van der Waals surface area contributed by atoms with E-state index in [-0.39, 0.29) is 30.0 Å². The van der Waals surface area contributed by atoms with Crippen LogP contribution in [0.2, 0.25) is 0 Å². The number of halogens is 1. The summed E-state index contributed by atoms with van der Waals surface area (Å²) in [5.74, 6) is 1.43. The van der Waals surface area contributed by atoms with Crippen molar-refractivity contribution in [2.75, 3.05) is 46.1 Å². The van der Waals surface area contributed by atoms with Gasteiger partial charge >= 0.3 is 0 Å². The van der Waals surface area contributed by atoms with Crippen molar-refractivity contribution in [1.82, 2.24) is 14.1 Å². The number of amides is 1. The van der Waals surface area contributed by atoms with Crippen LogP contribution in [0.4, 0.5) is 0 Å². The molecule has 0 spiro atoms. The van der Waals surface area contributed by atoms with E-state index in [0.717, 1.165) is 49.5 Å². The van der Waals surface area contributed by atoms with Gasteiger partial charge in [-0.25, -0.2) is 8.42 Å². The number of carbonyl (C=O) groups excluding carboxylic acids is 1. The van der Waals surface area contributed by atoms with Crippen LogP contribution in [0.1, 0.15) is 28.8 Å². The van der Waals surface area contributed by atoms with E-state index in [1.54, 1.807) is 23.1 Å². The zero-order valence-electron chi connectivity index (χ0n) is 18.3. The lowest BCUT2D eigenvalue weighted by atomic mass is 10.1. The molecule has 2 aromatic rings. The fourth-order valence-corrected chi connectivity index (χ4v) is 6.02. The SMILES string of the molecule is Cl.O=C(c1cccc(S(=O)(=O)N2CCCC2)c1)N1CCN(Cc2ccc3c(c2)OCO3)CC1. The Kier molecular flexibility index (Phi) is 7.13. The van der Waals surface area contributed by atoms with Crippen LogP contribution >= 0.6 is 12.4 Å². The molecule has 0 bridgehead atoms. The van der Waals surface area contributed by atoms with Crippen LogP contribution in [0.25, 0.3) is 0 Å². The highest BCUT2D eigenvalue weighted by atomic mass is 35.5. The van der Waals surface area contributed by atoms with Gasteiger partial charge in [0.25, 0.3) is 5.91 Å². The van der Waals surface area contributed by atoms with Gasteiger partial charge in [0, 0.05) is 51.4 Å². The lowest BCUT2D eigenvalue weighted by Gasteiger charge is -2.35. The van der Waals surface area contributed by atoms with Gasteiger partial charge < -0.3 is 14.4 Å². The van der Waals surface area contributed by atoms with Gasteiger partial charge in [0.2, 0.25) is 16.8 Å². The molecule has 1 amide bonds. The van der Waals surface area contributed by atoms with Crippen molar-refractivity contribution in [2.24, 2.45) is 0 Å². The third kappa shape index (κ3) is 4.96. The Balaban J connectivity index is 0.00000259. The van der Waals surface area contributed by atoms with Crippen molar-refractivity contribution >= 4 is 28.3 Å². The molecule has 178 valence electrons. The number of fused-ring (bicyclic) bond motifs is 1. The average Bonchev–Trinajstić information content (AvgIpc) is 3.51. The number of piperazine rings is 1. The summed E-state index contributed by atoms with van der Waals surface area (Å²) >= 11 is 0. The molecule has 10 heteroatoms. The smallest absolute Gasteiger partial charge is 0.253 e. The zero-order valence-corrected chi connectivity index (χ0v) is 19.9. The van der Waals surface area contributed by atoms with E-state index in [4.69, 9.17) is 9.47 Å². The molecule has 5 rings (SSSR count). The quantitative estimate of drug-likeness (QED) is 0.637. The molecule has 0 N–H and O–H groups in total. The molecule has 0 aromatic heterocycles. The number of ether oxygens (including phenoxy) is 2. The number of nitrogens with zero attached hydrogens (tertiary/aromatic N) is 3. The van der Waals surface area contributed by atoms with E-state index in [1.807, 2.05) is 18.2 Å². The van der Waals surface area contributed by atoms with E-state index in [2.05, 4.69) is 4.90 Å². The predicted octanol–water partition coefficient (Wildman–Crippen LogP) is 2.58. The van der Waals surface area contributed by atoms with Gasteiger partial charge in [0.05, 0.1) is 4.90 Å². The van der Waals surface area contributed by atoms with Crippen LogP contribution in [-0.2, 0) is 16.6 Å². The maximum atomic E-state index is 13.1. The van der Waals surface area contributed by atoms with Crippen molar-refractivity contribution < 1.29 is 22.7 Å². The van der Waals surface area contributed by atoms with Crippen molar-refractivity contribution in [3.63, 3.8) is 0 Å². The molecular formula is C23H28ClN3O5S. The minimum Gasteiger partial charge on any atom is -0.454 e. The standard InChI is InChI=1S/C23H27N3O5S.ClH/c27-23(19-4-3-5-20(15-19)32(28,29)26-8-1-2-9-26)25-12-10-24(11-13-25)16-18-6-7-21-22(14-18)31-17-30-21;/h3-7,14-15H,1-2,8-13,16-17H2;1H. The summed E-state index contributed by atoms with van der Waals surface area (Å²) in [7, 11) is -3.54. The van der Waals surface area contributed by atoms with Gasteiger partial charge in [-0.05, 0) is 48.7 Å². The summed E-state index contributed by atoms with van der Waals surface area (Å²) in [4.78, 5) is 17.4. The number of rotatable bonds is 5. The highest BCUT2D eigenvalue weighted by molar-refractivity contribution is 7.89. The van der Waals surface area contributed by atoms with Gasteiger partial charge in [-0.15, -0.1) is 12.4 Å². The first-order valence-corrected chi connectivity index (χ1v) is 12.4. The fourth-order valence-electron chi connectivity index (χ4n) is 4.46. The Hall–Kier alpha value is -2.33. The second kappa shape index (κ2) is 9.89. The number of hydrogen-bond donors (Lipinski definition) is 0. The molecule has 2 fully saturated rings. The number of carbonyl (C=O) groups is 1. The molecule has 3 aliphatic heterocycles. The summed E-state index contributed by atoms with van der Waals surface area (Å²) in [5.41, 5.74) is 1.57. The molecule has 0 atom stereocenters. The number of hydrogen-bond acceptors (Lipinski definition) is 6. The van der Waals surface area contributed by atoms with Crippen LogP contribution in [-0.4, -0.2) is 74.5 Å². The molecule has 0 unspecified atom stereocenters. The van der Waals surface area contributed by atoms with Crippen molar-refractivity contribution in [1.29, 1.82) is 0 Å². The van der Waals surface area contributed by atoms with Gasteiger partial charge in [-0.2, -0.15) is 4.31 Å². The number of benzene rings is 2. The largest absolute Gasteiger partial charge is 0.454 e. The molecule has 0 radical (unpaired) electrons. The van der Waals surface area contributed by atoms with Crippen LogP contribution in [0.5, 0.6) is 11.5 Å². The van der Waals surface area contributed by atoms with E-state index in [1.165, 1.54) is 10.4 Å². The molecule has 3 aliphatic rings. The third-order valence-electron chi connectivity index (χ3n) is 6.29. The third-order valence-corrected chi connectivity index (χ3v) is 8.18. The highest BCUT2D eigenvalue weighted by Gasteiger charge is 2.29. The molecule has 0 saturated carbocycles. The van der Waals surface area contributed by atoms with Gasteiger partial charge in [-0.3, -0.25) is 9.69 Å². The van der Waals surface area contributed by atoms with Crippen LogP contribution < -0.4 is 9.47 Å². The Labute approximate surface area is 200 Å². The fraction of sp³-hybridized carbons (Fsp3) is 0.435. The summed E-state index contributed by atoms with van der Waals surface area (Å²) in [6.45, 7) is 4.86. The lowest BCUT2D eigenvalue weighted by Crippen LogP contribution is -2.48. The average molecular weight is 494 g/mol. The zero-order chi connectivity index (χ0) is 22.1. The summed E-state index contributed by atoms with van der Waals surface area (Å²) in [5, 5.41) is 0. The topological polar surface area (TPSA) is 79.4 Å². The molecule has 2 aromatic carbocycles. The lowest BCUT2D eigenvalue weighted by molar-refractivity contribution is 0.0628. The first kappa shape index (κ1) is 23.8. The van der Waals surface area contributed by atoms with Gasteiger partial charge in [0.1, 0.15) is 0 Å². The van der Waals surface area contributed by atoms with Crippen LogP contribution in [0.15, 0.2) is 47.4 Å². The van der Waals surface area contributed by atoms with Crippen molar-refractivity contribution in [3.8, 4) is 11.5 Å². The van der Waals surface area contributed by atoms with Gasteiger partial charge in [0.15, 0.2) is 11.5 Å². The van der Waals surface area contributed by atoms with Crippen molar-refractivity contribution in [3.05, 3.63) is 53.6 Å². The summed E-state index contributed by atoms with van der Waals surface area (Å²) in [6.07, 6.45) is 1.77. The molecule has 0 aliphatic carbocycles. The van der Waals surface area contributed by atoms with Crippen LogP contribution in [0.3, 0.4) is 0 Å². The first-order chi connectivity index (χ1) is 15.5. The Morgan fingerprint density at radius 2 is 1.61 bits per heavy atom. The maximum absolute atomic E-state index is 13.1.